The van der Waals surface area contributed by atoms with Gasteiger partial charge in [0.15, 0.2) is 21.2 Å². The third kappa shape index (κ3) is 3.74. The number of nitrogens with zero attached hydrogens (tertiary/aromatic N) is 4. The fraction of sp³-hybridized carbons (Fsp3) is 0.476. The number of pyridine rings is 1. The Morgan fingerprint density at radius 2 is 2.20 bits per heavy atom. The number of furan rings is 1. The van der Waals surface area contributed by atoms with Crippen molar-refractivity contribution in [1.29, 1.82) is 0 Å². The van der Waals surface area contributed by atoms with Crippen molar-refractivity contribution in [1.82, 2.24) is 19.7 Å². The van der Waals surface area contributed by atoms with Gasteiger partial charge in [-0.1, -0.05) is 6.92 Å². The highest BCUT2D eigenvalue weighted by Crippen LogP contribution is 2.29. The summed E-state index contributed by atoms with van der Waals surface area (Å²) in [5.74, 6) is 0.513. The monoisotopic (exact) mass is 430 g/mol. The molecule has 4 rings (SSSR count). The summed E-state index contributed by atoms with van der Waals surface area (Å²) in [5, 5.41) is 5.10. The van der Waals surface area contributed by atoms with Gasteiger partial charge in [0.25, 0.3) is 5.91 Å². The lowest BCUT2D eigenvalue weighted by Gasteiger charge is -2.28. The predicted molar refractivity (Wildman–Crippen MR) is 114 cm³/mol. The first-order chi connectivity index (χ1) is 14.3. The highest BCUT2D eigenvalue weighted by molar-refractivity contribution is 7.91. The van der Waals surface area contributed by atoms with Crippen molar-refractivity contribution in [3.8, 4) is 11.5 Å². The van der Waals surface area contributed by atoms with Crippen LogP contribution in [0.25, 0.3) is 22.5 Å². The van der Waals surface area contributed by atoms with Crippen molar-refractivity contribution < 1.29 is 17.6 Å². The van der Waals surface area contributed by atoms with Gasteiger partial charge in [-0.25, -0.2) is 18.1 Å². The van der Waals surface area contributed by atoms with Crippen LogP contribution >= 0.6 is 0 Å². The van der Waals surface area contributed by atoms with Gasteiger partial charge < -0.3 is 9.32 Å². The van der Waals surface area contributed by atoms with Crippen molar-refractivity contribution in [2.24, 2.45) is 0 Å². The normalized spacial score (nSPS) is 18.3. The van der Waals surface area contributed by atoms with Gasteiger partial charge in [-0.2, -0.15) is 5.10 Å². The van der Waals surface area contributed by atoms with Crippen molar-refractivity contribution in [3.63, 3.8) is 0 Å². The van der Waals surface area contributed by atoms with Gasteiger partial charge in [0, 0.05) is 18.6 Å². The minimum atomic E-state index is -3.11. The van der Waals surface area contributed by atoms with E-state index >= 15 is 0 Å². The molecular weight excluding hydrogens is 404 g/mol. The summed E-state index contributed by atoms with van der Waals surface area (Å²) in [6, 6.07) is 5.05. The molecule has 1 amide bonds. The third-order valence-electron chi connectivity index (χ3n) is 5.43. The molecule has 30 heavy (non-hydrogen) atoms. The first kappa shape index (κ1) is 20.6. The second kappa shape index (κ2) is 7.86. The number of hydrogen-bond donors (Lipinski definition) is 0. The van der Waals surface area contributed by atoms with Crippen LogP contribution in [-0.4, -0.2) is 58.1 Å². The molecular formula is C21H26N4O4S. The van der Waals surface area contributed by atoms with E-state index in [0.29, 0.717) is 41.0 Å². The van der Waals surface area contributed by atoms with Crippen LogP contribution in [0.2, 0.25) is 0 Å². The molecule has 4 heterocycles. The topological polar surface area (TPSA) is 98.3 Å². The maximum absolute atomic E-state index is 13.7. The molecule has 0 bridgehead atoms. The predicted octanol–water partition coefficient (Wildman–Crippen LogP) is 3.31. The smallest absolute Gasteiger partial charge is 0.255 e. The molecule has 3 aromatic rings. The molecule has 0 aromatic carbocycles. The summed E-state index contributed by atoms with van der Waals surface area (Å²) in [4.78, 5) is 20.1. The average Bonchev–Trinajstić information content (AvgIpc) is 3.43. The molecule has 0 spiro atoms. The zero-order chi connectivity index (χ0) is 21.5. The van der Waals surface area contributed by atoms with E-state index in [1.807, 2.05) is 20.8 Å². The molecule has 0 saturated carbocycles. The first-order valence-corrected chi connectivity index (χ1v) is 12.1. The van der Waals surface area contributed by atoms with Crippen molar-refractivity contribution in [2.45, 2.75) is 45.7 Å². The van der Waals surface area contributed by atoms with Crippen molar-refractivity contribution in [3.05, 3.63) is 36.2 Å². The van der Waals surface area contributed by atoms with E-state index < -0.39 is 9.84 Å². The standard InChI is InChI=1S/C21H26N4O4S/c1-4-8-24(15-7-10-30(27,28)13-15)21(26)16-11-18(19-6-5-9-29-19)23-20-17(16)12-22-25(20)14(2)3/h5-6,9,11-12,14-15H,4,7-8,10,13H2,1-3H3. The number of rotatable bonds is 6. The fourth-order valence-corrected chi connectivity index (χ4v) is 5.72. The Bertz CT molecular complexity index is 1170. The summed E-state index contributed by atoms with van der Waals surface area (Å²) in [7, 11) is -3.11. The summed E-state index contributed by atoms with van der Waals surface area (Å²) in [6.07, 6.45) is 4.44. The van der Waals surface area contributed by atoms with Gasteiger partial charge in [0.2, 0.25) is 0 Å². The molecule has 1 unspecified atom stereocenters. The molecule has 9 heteroatoms. The summed E-state index contributed by atoms with van der Waals surface area (Å²) in [6.45, 7) is 6.48. The van der Waals surface area contributed by atoms with Crippen LogP contribution in [0, 0.1) is 0 Å². The highest BCUT2D eigenvalue weighted by atomic mass is 32.2. The van der Waals surface area contributed by atoms with E-state index in [-0.39, 0.29) is 29.5 Å². The number of carbonyl (C=O) groups excluding carboxylic acids is 1. The molecule has 1 aliphatic rings. The van der Waals surface area contributed by atoms with Crippen LogP contribution in [0.4, 0.5) is 0 Å². The summed E-state index contributed by atoms with van der Waals surface area (Å²) < 4.78 is 31.4. The zero-order valence-electron chi connectivity index (χ0n) is 17.4. The lowest BCUT2D eigenvalue weighted by molar-refractivity contribution is 0.0699. The Balaban J connectivity index is 1.84. The zero-order valence-corrected chi connectivity index (χ0v) is 18.2. The first-order valence-electron chi connectivity index (χ1n) is 10.2. The van der Waals surface area contributed by atoms with Gasteiger partial charge in [-0.15, -0.1) is 0 Å². The maximum Gasteiger partial charge on any atom is 0.255 e. The van der Waals surface area contributed by atoms with Crippen LogP contribution in [-0.2, 0) is 9.84 Å². The third-order valence-corrected chi connectivity index (χ3v) is 7.18. The Kier molecular flexibility index (Phi) is 5.40. The minimum absolute atomic E-state index is 0.0171. The Labute approximate surface area is 175 Å². The molecule has 0 radical (unpaired) electrons. The summed E-state index contributed by atoms with van der Waals surface area (Å²) in [5.41, 5.74) is 1.63. The van der Waals surface area contributed by atoms with Crippen LogP contribution in [0.1, 0.15) is 50.0 Å². The van der Waals surface area contributed by atoms with Crippen LogP contribution in [0.3, 0.4) is 0 Å². The summed E-state index contributed by atoms with van der Waals surface area (Å²) >= 11 is 0. The Morgan fingerprint density at radius 1 is 1.40 bits per heavy atom. The quantitative estimate of drug-likeness (QED) is 0.595. The Morgan fingerprint density at radius 3 is 2.80 bits per heavy atom. The fourth-order valence-electron chi connectivity index (χ4n) is 3.99. The number of fused-ring (bicyclic) bond motifs is 1. The van der Waals surface area contributed by atoms with Gasteiger partial charge in [-0.3, -0.25) is 4.79 Å². The van der Waals surface area contributed by atoms with Crippen LogP contribution in [0.15, 0.2) is 35.1 Å². The number of aromatic nitrogens is 3. The average molecular weight is 431 g/mol. The largest absolute Gasteiger partial charge is 0.463 e. The van der Waals surface area contributed by atoms with E-state index in [0.717, 1.165) is 6.42 Å². The minimum Gasteiger partial charge on any atom is -0.463 e. The van der Waals surface area contributed by atoms with Gasteiger partial charge in [-0.05, 0) is 44.9 Å². The molecule has 1 atom stereocenters. The molecule has 1 fully saturated rings. The molecule has 8 nitrogen and oxygen atoms in total. The number of amides is 1. The van der Waals surface area contributed by atoms with Crippen molar-refractivity contribution >= 4 is 26.8 Å². The van der Waals surface area contributed by atoms with E-state index in [2.05, 4.69) is 5.10 Å². The molecule has 3 aromatic heterocycles. The van der Waals surface area contributed by atoms with Gasteiger partial charge in [0.1, 0.15) is 5.69 Å². The second-order valence-corrected chi connectivity index (χ2v) is 10.2. The maximum atomic E-state index is 13.7. The van der Waals surface area contributed by atoms with Gasteiger partial charge in [0.05, 0.1) is 34.9 Å². The molecule has 1 aliphatic heterocycles. The number of carbonyl (C=O) groups is 1. The lowest BCUT2D eigenvalue weighted by Crippen LogP contribution is -2.41. The SMILES string of the molecule is CCCN(C(=O)c1cc(-c2ccco2)nc2c1cnn2C(C)C)C1CCS(=O)(=O)C1. The van der Waals surface area contributed by atoms with Gasteiger partial charge >= 0.3 is 0 Å². The van der Waals surface area contributed by atoms with E-state index in [1.165, 1.54) is 0 Å². The molecule has 1 saturated heterocycles. The number of sulfone groups is 1. The molecule has 0 N–H and O–H groups in total. The van der Waals surface area contributed by atoms with E-state index in [4.69, 9.17) is 9.40 Å². The van der Waals surface area contributed by atoms with Crippen LogP contribution in [0.5, 0.6) is 0 Å². The van der Waals surface area contributed by atoms with Crippen LogP contribution < -0.4 is 0 Å². The number of hydrogen-bond acceptors (Lipinski definition) is 6. The van der Waals surface area contributed by atoms with E-state index in [1.54, 1.807) is 40.2 Å². The molecule has 160 valence electrons. The Hall–Kier alpha value is -2.68. The van der Waals surface area contributed by atoms with Crippen molar-refractivity contribution in [2.75, 3.05) is 18.1 Å². The van der Waals surface area contributed by atoms with E-state index in [9.17, 15) is 13.2 Å². The second-order valence-electron chi connectivity index (χ2n) is 8.01. The highest BCUT2D eigenvalue weighted by Gasteiger charge is 2.35. The molecule has 0 aliphatic carbocycles. The lowest BCUT2D eigenvalue weighted by atomic mass is 10.1.